The molecule has 5 aromatic rings. The third kappa shape index (κ3) is 4.58. The monoisotopic (exact) mass is 504 g/mol. The van der Waals surface area contributed by atoms with E-state index in [1.165, 1.54) is 11.3 Å². The van der Waals surface area contributed by atoms with E-state index in [4.69, 9.17) is 25.7 Å². The molecule has 5 rings (SSSR count). The van der Waals surface area contributed by atoms with Gasteiger partial charge in [-0.2, -0.15) is 5.10 Å². The summed E-state index contributed by atoms with van der Waals surface area (Å²) < 4.78 is 12.4. The molecule has 3 heterocycles. The van der Waals surface area contributed by atoms with Crippen LogP contribution in [0, 0.1) is 6.92 Å². The lowest BCUT2D eigenvalue weighted by atomic mass is 10.2. The summed E-state index contributed by atoms with van der Waals surface area (Å²) in [5, 5.41) is 7.22. The van der Waals surface area contributed by atoms with Gasteiger partial charge in [0.05, 0.1) is 37.0 Å². The molecule has 9 heteroatoms. The third-order valence-corrected chi connectivity index (χ3v) is 6.68. The number of ether oxygens (including phenoxy) is 1. The Morgan fingerprint density at radius 1 is 1.11 bits per heavy atom. The average Bonchev–Trinajstić information content (AvgIpc) is 3.64. The quantitative estimate of drug-likeness (QED) is 0.256. The van der Waals surface area contributed by atoms with E-state index in [0.29, 0.717) is 22.1 Å². The Hall–Kier alpha value is -3.88. The Labute approximate surface area is 211 Å². The number of benzene rings is 2. The minimum atomic E-state index is -0.304. The van der Waals surface area contributed by atoms with E-state index < -0.39 is 0 Å². The van der Waals surface area contributed by atoms with Crippen molar-refractivity contribution in [2.45, 2.75) is 13.5 Å². The summed E-state index contributed by atoms with van der Waals surface area (Å²) in [5.41, 5.74) is 3.30. The molecule has 0 fully saturated rings. The molecular weight excluding hydrogens is 484 g/mol. The molecule has 0 saturated heterocycles. The highest BCUT2D eigenvalue weighted by Gasteiger charge is 2.29. The van der Waals surface area contributed by atoms with Gasteiger partial charge in [0.1, 0.15) is 22.2 Å². The highest BCUT2D eigenvalue weighted by molar-refractivity contribution is 7.14. The molecule has 0 atom stereocenters. The van der Waals surface area contributed by atoms with E-state index in [1.807, 2.05) is 66.0 Å². The zero-order chi connectivity index (χ0) is 24.4. The number of para-hydroxylation sites is 1. The summed E-state index contributed by atoms with van der Waals surface area (Å²) in [6.45, 7) is 1.97. The van der Waals surface area contributed by atoms with Gasteiger partial charge >= 0.3 is 0 Å². The number of hydrogen-bond donors (Lipinski definition) is 0. The number of hydrogen-bond acceptors (Lipinski definition) is 6. The van der Waals surface area contributed by atoms with Crippen LogP contribution in [-0.2, 0) is 6.54 Å². The largest absolute Gasteiger partial charge is 0.497 e. The Balaban J connectivity index is 1.53. The van der Waals surface area contributed by atoms with Crippen molar-refractivity contribution < 1.29 is 13.9 Å². The van der Waals surface area contributed by atoms with Crippen molar-refractivity contribution >= 4 is 34.0 Å². The standard InChI is InChI=1S/C26H21ClN4O3S/c1-17-23(24(27)31(29-17)19-7-4-3-5-8-19)25(32)30(15-21-9-6-14-34-21)26-28-22(16-35-26)18-10-12-20(33-2)13-11-18/h3-14,16H,15H2,1-2H3. The molecule has 35 heavy (non-hydrogen) atoms. The molecule has 0 aliphatic heterocycles. The van der Waals surface area contributed by atoms with Crippen LogP contribution in [0.2, 0.25) is 5.15 Å². The second kappa shape index (κ2) is 9.77. The molecule has 1 amide bonds. The summed E-state index contributed by atoms with van der Waals surface area (Å²) in [5.74, 6) is 1.09. The minimum Gasteiger partial charge on any atom is -0.497 e. The number of carbonyl (C=O) groups is 1. The fourth-order valence-electron chi connectivity index (χ4n) is 3.68. The number of anilines is 1. The maximum Gasteiger partial charge on any atom is 0.265 e. The van der Waals surface area contributed by atoms with Gasteiger partial charge in [0.15, 0.2) is 5.13 Å². The molecule has 3 aromatic heterocycles. The summed E-state index contributed by atoms with van der Waals surface area (Å²) >= 11 is 8.08. The predicted octanol–water partition coefficient (Wildman–Crippen LogP) is 6.41. The van der Waals surface area contributed by atoms with Crippen molar-refractivity contribution in [3.8, 4) is 22.7 Å². The van der Waals surface area contributed by atoms with Gasteiger partial charge in [0.25, 0.3) is 5.91 Å². The second-order valence-corrected chi connectivity index (χ2v) is 8.91. The summed E-state index contributed by atoms with van der Waals surface area (Å²) in [7, 11) is 1.63. The highest BCUT2D eigenvalue weighted by atomic mass is 35.5. The van der Waals surface area contributed by atoms with Crippen LogP contribution in [0.4, 0.5) is 5.13 Å². The summed E-state index contributed by atoms with van der Waals surface area (Å²) in [4.78, 5) is 20.2. The average molecular weight is 505 g/mol. The normalized spacial score (nSPS) is 10.9. The zero-order valence-electron chi connectivity index (χ0n) is 19.0. The van der Waals surface area contributed by atoms with Gasteiger partial charge in [0, 0.05) is 10.9 Å². The van der Waals surface area contributed by atoms with Gasteiger partial charge < -0.3 is 9.15 Å². The highest BCUT2D eigenvalue weighted by Crippen LogP contribution is 2.32. The third-order valence-electron chi connectivity index (χ3n) is 5.47. The molecule has 7 nitrogen and oxygen atoms in total. The van der Waals surface area contributed by atoms with Gasteiger partial charge in [-0.3, -0.25) is 9.69 Å². The van der Waals surface area contributed by atoms with E-state index >= 15 is 0 Å². The van der Waals surface area contributed by atoms with Crippen LogP contribution in [0.1, 0.15) is 21.8 Å². The first kappa shape index (κ1) is 22.9. The number of nitrogens with zero attached hydrogens (tertiary/aromatic N) is 4. The van der Waals surface area contributed by atoms with Gasteiger partial charge in [-0.15, -0.1) is 11.3 Å². The maximum absolute atomic E-state index is 13.9. The van der Waals surface area contributed by atoms with Gasteiger partial charge in [0.2, 0.25) is 0 Å². The molecule has 0 aliphatic carbocycles. The maximum atomic E-state index is 13.9. The van der Waals surface area contributed by atoms with Gasteiger partial charge in [-0.25, -0.2) is 9.67 Å². The minimum absolute atomic E-state index is 0.202. The number of thiazole rings is 1. The molecular formula is C26H21ClN4O3S. The van der Waals surface area contributed by atoms with E-state index in [2.05, 4.69) is 5.10 Å². The van der Waals surface area contributed by atoms with Crippen molar-refractivity contribution in [2.24, 2.45) is 0 Å². The molecule has 0 spiro atoms. The first-order valence-corrected chi connectivity index (χ1v) is 12.1. The number of halogens is 1. The zero-order valence-corrected chi connectivity index (χ0v) is 20.6. The lowest BCUT2D eigenvalue weighted by Crippen LogP contribution is -2.30. The number of amides is 1. The van der Waals surface area contributed by atoms with Crippen LogP contribution in [0.15, 0.2) is 82.8 Å². The first-order chi connectivity index (χ1) is 17.0. The molecule has 0 saturated carbocycles. The van der Waals surface area contributed by atoms with E-state index in [0.717, 1.165) is 22.7 Å². The SMILES string of the molecule is COc1ccc(-c2csc(N(Cc3ccco3)C(=O)c3c(C)nn(-c4ccccc4)c3Cl)n2)cc1. The number of methoxy groups -OCH3 is 1. The second-order valence-electron chi connectivity index (χ2n) is 7.71. The van der Waals surface area contributed by atoms with Crippen molar-refractivity contribution in [3.05, 3.63) is 101 Å². The van der Waals surface area contributed by atoms with Crippen LogP contribution in [-0.4, -0.2) is 27.8 Å². The number of aromatic nitrogens is 3. The van der Waals surface area contributed by atoms with E-state index in [-0.39, 0.29) is 17.6 Å². The van der Waals surface area contributed by atoms with Gasteiger partial charge in [-0.1, -0.05) is 29.8 Å². The molecule has 0 aliphatic rings. The molecule has 0 N–H and O–H groups in total. The van der Waals surface area contributed by atoms with Gasteiger partial charge in [-0.05, 0) is 55.5 Å². The smallest absolute Gasteiger partial charge is 0.265 e. The van der Waals surface area contributed by atoms with Crippen molar-refractivity contribution in [2.75, 3.05) is 12.0 Å². The topological polar surface area (TPSA) is 73.4 Å². The molecule has 2 aromatic carbocycles. The lowest BCUT2D eigenvalue weighted by molar-refractivity contribution is 0.0983. The van der Waals surface area contributed by atoms with Crippen LogP contribution >= 0.6 is 22.9 Å². The summed E-state index contributed by atoms with van der Waals surface area (Å²) in [6, 6.07) is 20.7. The molecule has 0 radical (unpaired) electrons. The van der Waals surface area contributed by atoms with Crippen LogP contribution in [0.25, 0.3) is 16.9 Å². The molecule has 176 valence electrons. The fraction of sp³-hybridized carbons (Fsp3) is 0.115. The van der Waals surface area contributed by atoms with Crippen molar-refractivity contribution in [3.63, 3.8) is 0 Å². The fourth-order valence-corrected chi connectivity index (χ4v) is 4.87. The Morgan fingerprint density at radius 3 is 2.57 bits per heavy atom. The van der Waals surface area contributed by atoms with E-state index in [1.54, 1.807) is 35.9 Å². The molecule has 0 unspecified atom stereocenters. The summed E-state index contributed by atoms with van der Waals surface area (Å²) in [6.07, 6.45) is 1.58. The van der Waals surface area contributed by atoms with Crippen LogP contribution in [0.3, 0.4) is 0 Å². The Morgan fingerprint density at radius 2 is 1.89 bits per heavy atom. The number of furan rings is 1. The van der Waals surface area contributed by atoms with Crippen LogP contribution < -0.4 is 9.64 Å². The number of aryl methyl sites for hydroxylation is 1. The number of rotatable bonds is 7. The van der Waals surface area contributed by atoms with Crippen molar-refractivity contribution in [1.82, 2.24) is 14.8 Å². The Bertz CT molecular complexity index is 1440. The lowest BCUT2D eigenvalue weighted by Gasteiger charge is -2.19. The van der Waals surface area contributed by atoms with Crippen molar-refractivity contribution in [1.29, 1.82) is 0 Å². The van der Waals surface area contributed by atoms with E-state index in [9.17, 15) is 4.79 Å². The Kier molecular flexibility index (Phi) is 6.39. The van der Waals surface area contributed by atoms with Crippen LogP contribution in [0.5, 0.6) is 5.75 Å². The number of carbonyl (C=O) groups excluding carboxylic acids is 1. The molecule has 0 bridgehead atoms. The first-order valence-electron chi connectivity index (χ1n) is 10.8. The predicted molar refractivity (Wildman–Crippen MR) is 137 cm³/mol.